The third-order valence-electron chi connectivity index (χ3n) is 4.30. The van der Waals surface area contributed by atoms with E-state index in [0.29, 0.717) is 5.92 Å². The van der Waals surface area contributed by atoms with Crippen molar-refractivity contribution < 1.29 is 4.79 Å². The largest absolute Gasteiger partial charge is 0.325 e. The van der Waals surface area contributed by atoms with Crippen LogP contribution in [-0.2, 0) is 4.79 Å². The maximum atomic E-state index is 12.7. The van der Waals surface area contributed by atoms with Gasteiger partial charge in [-0.05, 0) is 30.9 Å². The van der Waals surface area contributed by atoms with E-state index in [-0.39, 0.29) is 11.8 Å². The van der Waals surface area contributed by atoms with Crippen molar-refractivity contribution in [2.24, 2.45) is 11.8 Å². The number of hydrogen-bond donors (Lipinski definition) is 1. The van der Waals surface area contributed by atoms with Gasteiger partial charge >= 0.3 is 0 Å². The lowest BCUT2D eigenvalue weighted by Crippen LogP contribution is -2.32. The molecule has 0 radical (unpaired) electrons. The molecule has 1 aliphatic rings. The lowest BCUT2D eigenvalue weighted by atomic mass is 9.84. The van der Waals surface area contributed by atoms with Crippen LogP contribution in [0.15, 0.2) is 29.2 Å². The Bertz CT molecular complexity index is 460. The minimum Gasteiger partial charge on any atom is -0.325 e. The third kappa shape index (κ3) is 4.50. The number of thioether (sulfide) groups is 1. The molecule has 1 aromatic carbocycles. The molecule has 21 heavy (non-hydrogen) atoms. The average Bonchev–Trinajstić information content (AvgIpc) is 2.49. The summed E-state index contributed by atoms with van der Waals surface area (Å²) in [5.41, 5.74) is 0.989. The molecule has 3 heteroatoms. The highest BCUT2D eigenvalue weighted by Gasteiger charge is 2.30. The smallest absolute Gasteiger partial charge is 0.227 e. The van der Waals surface area contributed by atoms with Crippen molar-refractivity contribution >= 4 is 23.4 Å². The molecular weight excluding hydrogens is 278 g/mol. The van der Waals surface area contributed by atoms with Crippen LogP contribution in [0.5, 0.6) is 0 Å². The number of unbranched alkanes of at least 4 members (excludes halogenated alkanes) is 2. The second kappa shape index (κ2) is 8.47. The Balaban J connectivity index is 2.17. The number of fused-ring (bicyclic) bond motifs is 1. The van der Waals surface area contributed by atoms with Gasteiger partial charge in [0.05, 0.1) is 5.69 Å². The molecule has 0 bridgehead atoms. The van der Waals surface area contributed by atoms with Gasteiger partial charge < -0.3 is 5.32 Å². The van der Waals surface area contributed by atoms with E-state index in [1.54, 1.807) is 0 Å². The maximum Gasteiger partial charge on any atom is 0.227 e. The van der Waals surface area contributed by atoms with Gasteiger partial charge in [0, 0.05) is 16.6 Å². The number of nitrogens with one attached hydrogen (secondary N) is 1. The topological polar surface area (TPSA) is 29.1 Å². The summed E-state index contributed by atoms with van der Waals surface area (Å²) >= 11 is 1.91. The molecule has 1 N–H and O–H groups in total. The molecule has 1 amide bonds. The minimum atomic E-state index is 0.178. The SMILES string of the molecule is CCCCC1CSc2ccccc2NC(=O)C1CCCC. The van der Waals surface area contributed by atoms with Crippen LogP contribution >= 0.6 is 11.8 Å². The second-order valence-electron chi connectivity index (χ2n) is 5.95. The Kier molecular flexibility index (Phi) is 6.62. The van der Waals surface area contributed by atoms with Gasteiger partial charge in [-0.2, -0.15) is 0 Å². The van der Waals surface area contributed by atoms with Crippen LogP contribution in [0.1, 0.15) is 52.4 Å². The number of benzene rings is 1. The van der Waals surface area contributed by atoms with Crippen LogP contribution in [-0.4, -0.2) is 11.7 Å². The fourth-order valence-corrected chi connectivity index (χ4v) is 4.23. The van der Waals surface area contributed by atoms with Crippen LogP contribution in [0.4, 0.5) is 5.69 Å². The zero-order valence-electron chi connectivity index (χ0n) is 13.2. The Morgan fingerprint density at radius 2 is 1.86 bits per heavy atom. The number of para-hydroxylation sites is 1. The molecule has 0 saturated carbocycles. The predicted molar refractivity (Wildman–Crippen MR) is 91.8 cm³/mol. The van der Waals surface area contributed by atoms with E-state index < -0.39 is 0 Å². The van der Waals surface area contributed by atoms with Gasteiger partial charge in [0.25, 0.3) is 0 Å². The van der Waals surface area contributed by atoms with Gasteiger partial charge in [0.1, 0.15) is 0 Å². The van der Waals surface area contributed by atoms with Crippen molar-refractivity contribution in [1.82, 2.24) is 0 Å². The summed E-state index contributed by atoms with van der Waals surface area (Å²) in [6, 6.07) is 8.18. The molecule has 2 nitrogen and oxygen atoms in total. The molecule has 0 aromatic heterocycles. The molecule has 0 spiro atoms. The quantitative estimate of drug-likeness (QED) is 0.768. The van der Waals surface area contributed by atoms with Gasteiger partial charge in [-0.3, -0.25) is 4.79 Å². The number of anilines is 1. The number of carbonyl (C=O) groups excluding carboxylic acids is 1. The van der Waals surface area contributed by atoms with Crippen molar-refractivity contribution in [3.63, 3.8) is 0 Å². The molecule has 1 aromatic rings. The van der Waals surface area contributed by atoms with E-state index >= 15 is 0 Å². The molecule has 116 valence electrons. The zero-order chi connectivity index (χ0) is 15.1. The van der Waals surface area contributed by atoms with Gasteiger partial charge in [-0.15, -0.1) is 11.8 Å². The molecular formula is C18H27NOS. The number of rotatable bonds is 6. The fourth-order valence-electron chi connectivity index (χ4n) is 2.99. The lowest BCUT2D eigenvalue weighted by molar-refractivity contribution is -0.121. The average molecular weight is 305 g/mol. The van der Waals surface area contributed by atoms with E-state index in [2.05, 4.69) is 31.3 Å². The van der Waals surface area contributed by atoms with Gasteiger partial charge in [-0.1, -0.05) is 51.7 Å². The van der Waals surface area contributed by atoms with E-state index in [0.717, 1.165) is 30.7 Å². The highest BCUT2D eigenvalue weighted by Crippen LogP contribution is 2.37. The first-order valence-electron chi connectivity index (χ1n) is 8.29. The van der Waals surface area contributed by atoms with Crippen molar-refractivity contribution in [3.05, 3.63) is 24.3 Å². The van der Waals surface area contributed by atoms with Crippen LogP contribution in [0, 0.1) is 11.8 Å². The fraction of sp³-hybridized carbons (Fsp3) is 0.611. The molecule has 0 fully saturated rings. The van der Waals surface area contributed by atoms with Crippen molar-refractivity contribution in [2.45, 2.75) is 57.3 Å². The Hall–Kier alpha value is -0.960. The number of amides is 1. The molecule has 2 atom stereocenters. The molecule has 1 heterocycles. The Morgan fingerprint density at radius 1 is 1.14 bits per heavy atom. The van der Waals surface area contributed by atoms with Crippen molar-refractivity contribution in [1.29, 1.82) is 0 Å². The highest BCUT2D eigenvalue weighted by atomic mass is 32.2. The van der Waals surface area contributed by atoms with Gasteiger partial charge in [0.15, 0.2) is 0 Å². The molecule has 0 aliphatic carbocycles. The summed E-state index contributed by atoms with van der Waals surface area (Å²) in [6.45, 7) is 4.43. The maximum absolute atomic E-state index is 12.7. The van der Waals surface area contributed by atoms with Gasteiger partial charge in [0.2, 0.25) is 5.91 Å². The van der Waals surface area contributed by atoms with E-state index in [1.165, 1.54) is 24.2 Å². The van der Waals surface area contributed by atoms with Crippen LogP contribution in [0.25, 0.3) is 0 Å². The summed E-state index contributed by atoms with van der Waals surface area (Å²) < 4.78 is 0. The third-order valence-corrected chi connectivity index (χ3v) is 5.56. The van der Waals surface area contributed by atoms with Crippen LogP contribution in [0.3, 0.4) is 0 Å². The second-order valence-corrected chi connectivity index (χ2v) is 7.01. The molecule has 2 rings (SSSR count). The standard InChI is InChI=1S/C18H27NOS/c1-3-5-9-14-13-21-17-12-8-7-11-16(17)19-18(20)15(14)10-6-4-2/h7-8,11-12,14-15H,3-6,9-10,13H2,1-2H3,(H,19,20). The Morgan fingerprint density at radius 3 is 2.62 bits per heavy atom. The predicted octanol–water partition coefficient (Wildman–Crippen LogP) is 5.34. The van der Waals surface area contributed by atoms with Gasteiger partial charge in [-0.25, -0.2) is 0 Å². The first-order chi connectivity index (χ1) is 10.3. The Labute approximate surface area is 133 Å². The van der Waals surface area contributed by atoms with E-state index in [9.17, 15) is 4.79 Å². The van der Waals surface area contributed by atoms with Crippen LogP contribution < -0.4 is 5.32 Å². The monoisotopic (exact) mass is 305 g/mol. The summed E-state index contributed by atoms with van der Waals surface area (Å²) in [5, 5.41) is 3.17. The zero-order valence-corrected chi connectivity index (χ0v) is 14.0. The normalized spacial score (nSPS) is 22.1. The first kappa shape index (κ1) is 16.4. The minimum absolute atomic E-state index is 0.178. The van der Waals surface area contributed by atoms with Crippen LogP contribution in [0.2, 0.25) is 0 Å². The number of carbonyl (C=O) groups is 1. The summed E-state index contributed by atoms with van der Waals surface area (Å²) in [4.78, 5) is 13.9. The van der Waals surface area contributed by atoms with E-state index in [4.69, 9.17) is 0 Å². The summed E-state index contributed by atoms with van der Waals surface area (Å²) in [7, 11) is 0. The molecule has 1 aliphatic heterocycles. The molecule has 2 unspecified atom stereocenters. The molecule has 0 saturated heterocycles. The van der Waals surface area contributed by atoms with Crippen molar-refractivity contribution in [2.75, 3.05) is 11.1 Å². The first-order valence-corrected chi connectivity index (χ1v) is 9.27. The van der Waals surface area contributed by atoms with Crippen molar-refractivity contribution in [3.8, 4) is 0 Å². The summed E-state index contributed by atoms with van der Waals surface area (Å²) in [5.74, 6) is 1.99. The lowest BCUT2D eigenvalue weighted by Gasteiger charge is -2.29. The highest BCUT2D eigenvalue weighted by molar-refractivity contribution is 7.99. The summed E-state index contributed by atoms with van der Waals surface area (Å²) in [6.07, 6.45) is 6.94. The number of hydrogen-bond acceptors (Lipinski definition) is 2. The van der Waals surface area contributed by atoms with E-state index in [1.807, 2.05) is 23.9 Å².